The van der Waals surface area contributed by atoms with E-state index in [1.54, 1.807) is 0 Å². The smallest absolute Gasteiger partial charge is 0.243 e. The van der Waals surface area contributed by atoms with Crippen molar-refractivity contribution in [1.29, 1.82) is 0 Å². The zero-order valence-corrected chi connectivity index (χ0v) is 23.1. The highest BCUT2D eigenvalue weighted by molar-refractivity contribution is 7.92. The Kier molecular flexibility index (Phi) is 7.57. The molecule has 0 aromatic heterocycles. The van der Waals surface area contributed by atoms with E-state index in [1.165, 1.54) is 28.6 Å². The predicted octanol–water partition coefficient (Wildman–Crippen LogP) is 2.20. The summed E-state index contributed by atoms with van der Waals surface area (Å²) < 4.78 is 64.6. The lowest BCUT2D eigenvalue weighted by Gasteiger charge is -2.38. The molecule has 2 aromatic carbocycles. The summed E-state index contributed by atoms with van der Waals surface area (Å²) in [6, 6.07) is 10.9. The molecule has 202 valence electrons. The van der Waals surface area contributed by atoms with Crippen molar-refractivity contribution in [2.45, 2.75) is 43.7 Å². The fourth-order valence-electron chi connectivity index (χ4n) is 4.58. The number of fused-ring (bicyclic) bond motifs is 1. The van der Waals surface area contributed by atoms with Crippen molar-refractivity contribution in [3.63, 3.8) is 0 Å². The van der Waals surface area contributed by atoms with Crippen LogP contribution in [-0.4, -0.2) is 71.8 Å². The first kappa shape index (κ1) is 27.4. The van der Waals surface area contributed by atoms with Crippen molar-refractivity contribution in [3.05, 3.63) is 53.6 Å². The van der Waals surface area contributed by atoms with Crippen LogP contribution in [0.25, 0.3) is 0 Å². The number of sulfonamides is 2. The third-order valence-electron chi connectivity index (χ3n) is 6.38. The van der Waals surface area contributed by atoms with Crippen molar-refractivity contribution >= 4 is 31.6 Å². The molecular weight excluding hydrogens is 518 g/mol. The van der Waals surface area contributed by atoms with Crippen LogP contribution in [0.2, 0.25) is 0 Å². The maximum absolute atomic E-state index is 13.1. The summed E-state index contributed by atoms with van der Waals surface area (Å²) in [4.78, 5) is 13.1. The lowest BCUT2D eigenvalue weighted by Crippen LogP contribution is -2.45. The first-order valence-electron chi connectivity index (χ1n) is 12.0. The fraction of sp³-hybridized carbons (Fsp3) is 0.480. The van der Waals surface area contributed by atoms with Crippen LogP contribution in [-0.2, 0) is 29.6 Å². The normalized spacial score (nSPS) is 19.9. The molecule has 1 amide bonds. The Balaban J connectivity index is 1.53. The zero-order valence-electron chi connectivity index (χ0n) is 21.4. The molecule has 1 saturated heterocycles. The highest BCUT2D eigenvalue weighted by Crippen LogP contribution is 2.40. The summed E-state index contributed by atoms with van der Waals surface area (Å²) in [5.74, 6) is 0.211. The summed E-state index contributed by atoms with van der Waals surface area (Å²) in [6.45, 7) is 6.54. The van der Waals surface area contributed by atoms with Crippen LogP contribution in [0.4, 0.5) is 5.69 Å². The molecule has 1 atom stereocenters. The van der Waals surface area contributed by atoms with Crippen LogP contribution >= 0.6 is 0 Å². The van der Waals surface area contributed by atoms with Gasteiger partial charge in [-0.25, -0.2) is 16.8 Å². The summed E-state index contributed by atoms with van der Waals surface area (Å²) in [6.07, 6.45) is 1.52. The maximum atomic E-state index is 13.1. The van der Waals surface area contributed by atoms with E-state index in [9.17, 15) is 21.6 Å². The maximum Gasteiger partial charge on any atom is 0.243 e. The molecule has 12 heteroatoms. The van der Waals surface area contributed by atoms with Crippen molar-refractivity contribution < 1.29 is 31.1 Å². The van der Waals surface area contributed by atoms with Crippen molar-refractivity contribution in [1.82, 2.24) is 9.62 Å². The number of carbonyl (C=O) groups excluding carboxylic acids is 1. The number of nitrogens with one attached hydrogen (secondary N) is 1. The number of hydrogen-bond acceptors (Lipinski definition) is 7. The number of rotatable bonds is 7. The van der Waals surface area contributed by atoms with Gasteiger partial charge in [0.15, 0.2) is 0 Å². The molecule has 0 spiro atoms. The van der Waals surface area contributed by atoms with Gasteiger partial charge in [0.1, 0.15) is 17.9 Å². The molecule has 37 heavy (non-hydrogen) atoms. The van der Waals surface area contributed by atoms with E-state index in [2.05, 4.69) is 5.32 Å². The van der Waals surface area contributed by atoms with Gasteiger partial charge >= 0.3 is 0 Å². The molecular formula is C25H33N3O7S2. The second-order valence-electron chi connectivity index (χ2n) is 10.0. The summed E-state index contributed by atoms with van der Waals surface area (Å²) in [7, 11) is -7.57. The minimum Gasteiger partial charge on any atom is -0.487 e. The van der Waals surface area contributed by atoms with Gasteiger partial charge in [-0.05, 0) is 56.7 Å². The van der Waals surface area contributed by atoms with E-state index < -0.39 is 38.1 Å². The molecule has 0 radical (unpaired) electrons. The molecule has 0 aliphatic carbocycles. The first-order chi connectivity index (χ1) is 17.3. The Labute approximate surface area is 218 Å². The number of carbonyl (C=O) groups is 1. The predicted molar refractivity (Wildman–Crippen MR) is 140 cm³/mol. The minimum absolute atomic E-state index is 0.0485. The molecule has 1 unspecified atom stereocenters. The minimum atomic E-state index is -3.84. The molecule has 0 bridgehead atoms. The second-order valence-corrected chi connectivity index (χ2v) is 13.9. The molecule has 2 aliphatic heterocycles. The van der Waals surface area contributed by atoms with Gasteiger partial charge in [-0.1, -0.05) is 12.1 Å². The number of nitrogens with zero attached hydrogens (tertiary/aromatic N) is 2. The number of morpholine rings is 1. The zero-order chi connectivity index (χ0) is 27.0. The van der Waals surface area contributed by atoms with E-state index in [0.29, 0.717) is 25.4 Å². The molecule has 1 N–H and O–H groups in total. The van der Waals surface area contributed by atoms with Gasteiger partial charge in [0.2, 0.25) is 26.0 Å². The molecule has 2 heterocycles. The van der Waals surface area contributed by atoms with Gasteiger partial charge in [0, 0.05) is 25.1 Å². The number of amides is 1. The van der Waals surface area contributed by atoms with Gasteiger partial charge in [0.05, 0.1) is 36.1 Å². The van der Waals surface area contributed by atoms with Crippen molar-refractivity contribution in [3.8, 4) is 5.75 Å². The molecule has 0 saturated carbocycles. The van der Waals surface area contributed by atoms with Gasteiger partial charge in [0.25, 0.3) is 0 Å². The number of hydrogen-bond donors (Lipinski definition) is 1. The Morgan fingerprint density at radius 3 is 2.35 bits per heavy atom. The standard InChI is InChI=1S/C25H33N3O7S2/c1-18-5-10-21-22(16-25(2,3)35-23(21)15-18)26-24(29)17-28(36(4,30)31)19-6-8-20(9-7-19)37(32,33)27-11-13-34-14-12-27/h5-10,15,22H,11-14,16-17H2,1-4H3,(H,26,29). The monoisotopic (exact) mass is 551 g/mol. The van der Waals surface area contributed by atoms with Crippen LogP contribution in [0.5, 0.6) is 5.75 Å². The number of ether oxygens (including phenoxy) is 2. The third-order valence-corrected chi connectivity index (χ3v) is 9.44. The molecule has 4 rings (SSSR count). The highest BCUT2D eigenvalue weighted by Gasteiger charge is 2.35. The molecule has 2 aliphatic rings. The summed E-state index contributed by atoms with van der Waals surface area (Å²) in [5.41, 5.74) is 1.55. The topological polar surface area (TPSA) is 122 Å². The average Bonchev–Trinajstić information content (AvgIpc) is 2.81. The van der Waals surface area contributed by atoms with Crippen LogP contribution in [0, 0.1) is 6.92 Å². The Bertz CT molecular complexity index is 1370. The van der Waals surface area contributed by atoms with Crippen LogP contribution in [0.15, 0.2) is 47.4 Å². The van der Waals surface area contributed by atoms with Crippen molar-refractivity contribution in [2.75, 3.05) is 43.4 Å². The fourth-order valence-corrected chi connectivity index (χ4v) is 6.84. The highest BCUT2D eigenvalue weighted by atomic mass is 32.2. The van der Waals surface area contributed by atoms with E-state index in [-0.39, 0.29) is 29.7 Å². The SMILES string of the molecule is Cc1ccc2c(c1)OC(C)(C)CC2NC(=O)CN(c1ccc(S(=O)(=O)N2CCOCC2)cc1)S(C)(=O)=O. The molecule has 2 aromatic rings. The van der Waals surface area contributed by atoms with Gasteiger partial charge in [-0.3, -0.25) is 9.10 Å². The third kappa shape index (κ3) is 6.25. The molecule has 10 nitrogen and oxygen atoms in total. The lowest BCUT2D eigenvalue weighted by molar-refractivity contribution is -0.120. The summed E-state index contributed by atoms with van der Waals surface area (Å²) in [5, 5.41) is 2.96. The van der Waals surface area contributed by atoms with Gasteiger partial charge in [-0.2, -0.15) is 4.31 Å². The van der Waals surface area contributed by atoms with Crippen LogP contribution in [0.3, 0.4) is 0 Å². The lowest BCUT2D eigenvalue weighted by atomic mass is 9.89. The summed E-state index contributed by atoms with van der Waals surface area (Å²) >= 11 is 0. The number of aryl methyl sites for hydroxylation is 1. The average molecular weight is 552 g/mol. The Hall–Kier alpha value is -2.67. The Morgan fingerprint density at radius 1 is 1.08 bits per heavy atom. The van der Waals surface area contributed by atoms with E-state index in [4.69, 9.17) is 9.47 Å². The molecule has 1 fully saturated rings. The first-order valence-corrected chi connectivity index (χ1v) is 15.3. The van der Waals surface area contributed by atoms with E-state index in [0.717, 1.165) is 21.7 Å². The van der Waals surface area contributed by atoms with Gasteiger partial charge in [-0.15, -0.1) is 0 Å². The van der Waals surface area contributed by atoms with Crippen LogP contribution < -0.4 is 14.4 Å². The quantitative estimate of drug-likeness (QED) is 0.560. The van der Waals surface area contributed by atoms with Gasteiger partial charge < -0.3 is 14.8 Å². The van der Waals surface area contributed by atoms with E-state index in [1.807, 2.05) is 39.0 Å². The van der Waals surface area contributed by atoms with Crippen LogP contribution in [0.1, 0.15) is 37.4 Å². The van der Waals surface area contributed by atoms with E-state index >= 15 is 0 Å². The Morgan fingerprint density at radius 2 is 1.73 bits per heavy atom. The second kappa shape index (κ2) is 10.2. The number of benzene rings is 2. The largest absolute Gasteiger partial charge is 0.487 e. The van der Waals surface area contributed by atoms with Crippen molar-refractivity contribution in [2.24, 2.45) is 0 Å². The number of anilines is 1.